The molecule has 0 saturated heterocycles. The van der Waals surface area contributed by atoms with Gasteiger partial charge in [-0.3, -0.25) is 0 Å². The number of hydrogen-bond donors (Lipinski definition) is 1. The molecule has 1 atom stereocenters. The summed E-state index contributed by atoms with van der Waals surface area (Å²) >= 11 is 3.20. The molecular formula is C17H18BrF2N. The van der Waals surface area contributed by atoms with Crippen LogP contribution < -0.4 is 5.32 Å². The van der Waals surface area contributed by atoms with E-state index in [0.29, 0.717) is 10.9 Å². The van der Waals surface area contributed by atoms with Crippen molar-refractivity contribution in [2.24, 2.45) is 0 Å². The largest absolute Gasteiger partial charge is 0.310 e. The summed E-state index contributed by atoms with van der Waals surface area (Å²) in [5.41, 5.74) is 2.98. The highest BCUT2D eigenvalue weighted by atomic mass is 79.9. The second-order valence-electron chi connectivity index (χ2n) is 5.06. The fourth-order valence-corrected chi connectivity index (χ4v) is 2.85. The molecule has 2 aromatic rings. The lowest BCUT2D eigenvalue weighted by Crippen LogP contribution is -2.24. The summed E-state index contributed by atoms with van der Waals surface area (Å²) in [5, 5.41) is 3.37. The molecule has 0 amide bonds. The van der Waals surface area contributed by atoms with Crippen LogP contribution in [-0.4, -0.2) is 6.54 Å². The quantitative estimate of drug-likeness (QED) is 0.803. The molecule has 0 spiro atoms. The van der Waals surface area contributed by atoms with Crippen molar-refractivity contribution < 1.29 is 8.78 Å². The van der Waals surface area contributed by atoms with Crippen molar-refractivity contribution in [2.45, 2.75) is 26.3 Å². The minimum Gasteiger partial charge on any atom is -0.310 e. The van der Waals surface area contributed by atoms with Crippen molar-refractivity contribution in [3.05, 3.63) is 69.2 Å². The first-order chi connectivity index (χ1) is 10.0. The number of hydrogen-bond acceptors (Lipinski definition) is 1. The molecule has 1 unspecified atom stereocenters. The van der Waals surface area contributed by atoms with E-state index in [1.165, 1.54) is 12.1 Å². The lowest BCUT2D eigenvalue weighted by atomic mass is 9.95. The van der Waals surface area contributed by atoms with Gasteiger partial charge < -0.3 is 5.32 Å². The Labute approximate surface area is 132 Å². The standard InChI is InChI=1S/C17H18BrF2N/c1-3-21-17(14-10-13(19)6-4-11(14)2)9-12-5-7-16(20)15(18)8-12/h4-8,10,17,21H,3,9H2,1-2H3. The minimum absolute atomic E-state index is 0.00283. The zero-order valence-electron chi connectivity index (χ0n) is 12.1. The van der Waals surface area contributed by atoms with Crippen LogP contribution >= 0.6 is 15.9 Å². The van der Waals surface area contributed by atoms with Gasteiger partial charge in [0, 0.05) is 6.04 Å². The maximum absolute atomic E-state index is 13.5. The molecule has 112 valence electrons. The number of benzene rings is 2. The molecule has 0 heterocycles. The van der Waals surface area contributed by atoms with E-state index >= 15 is 0 Å². The van der Waals surface area contributed by atoms with Crippen molar-refractivity contribution in [1.29, 1.82) is 0 Å². The van der Waals surface area contributed by atoms with Crippen LogP contribution in [-0.2, 0) is 6.42 Å². The summed E-state index contributed by atoms with van der Waals surface area (Å²) in [6.07, 6.45) is 0.678. The van der Waals surface area contributed by atoms with Crippen LogP contribution in [0.3, 0.4) is 0 Å². The highest BCUT2D eigenvalue weighted by molar-refractivity contribution is 9.10. The molecule has 0 bridgehead atoms. The average Bonchev–Trinajstić information content (AvgIpc) is 2.45. The maximum atomic E-state index is 13.5. The van der Waals surface area contributed by atoms with Gasteiger partial charge in [-0.2, -0.15) is 0 Å². The highest BCUT2D eigenvalue weighted by Crippen LogP contribution is 2.25. The van der Waals surface area contributed by atoms with Gasteiger partial charge in [0.2, 0.25) is 0 Å². The van der Waals surface area contributed by atoms with Crippen LogP contribution in [0.5, 0.6) is 0 Å². The van der Waals surface area contributed by atoms with E-state index in [9.17, 15) is 8.78 Å². The number of rotatable bonds is 5. The molecule has 0 aliphatic rings. The number of aryl methyl sites for hydroxylation is 1. The fourth-order valence-electron chi connectivity index (χ4n) is 2.43. The third-order valence-electron chi connectivity index (χ3n) is 3.49. The average molecular weight is 354 g/mol. The van der Waals surface area contributed by atoms with Gasteiger partial charge >= 0.3 is 0 Å². The van der Waals surface area contributed by atoms with Gasteiger partial charge in [0.15, 0.2) is 0 Å². The summed E-state index contributed by atoms with van der Waals surface area (Å²) in [6, 6.07) is 9.81. The normalized spacial score (nSPS) is 12.4. The second-order valence-corrected chi connectivity index (χ2v) is 5.92. The molecular weight excluding hydrogens is 336 g/mol. The van der Waals surface area contributed by atoms with E-state index in [-0.39, 0.29) is 17.7 Å². The van der Waals surface area contributed by atoms with Gasteiger partial charge in [-0.25, -0.2) is 8.78 Å². The lowest BCUT2D eigenvalue weighted by molar-refractivity contribution is 0.539. The summed E-state index contributed by atoms with van der Waals surface area (Å²) in [6.45, 7) is 4.77. The molecule has 1 nitrogen and oxygen atoms in total. The van der Waals surface area contributed by atoms with E-state index in [4.69, 9.17) is 0 Å². The first-order valence-corrected chi connectivity index (χ1v) is 7.74. The van der Waals surface area contributed by atoms with Crippen LogP contribution in [0, 0.1) is 18.6 Å². The molecule has 0 saturated carbocycles. The van der Waals surface area contributed by atoms with Crippen molar-refractivity contribution in [2.75, 3.05) is 6.54 Å². The summed E-state index contributed by atoms with van der Waals surface area (Å²) < 4.78 is 27.3. The monoisotopic (exact) mass is 353 g/mol. The van der Waals surface area contributed by atoms with Crippen molar-refractivity contribution >= 4 is 15.9 Å². The molecule has 0 radical (unpaired) electrons. The fraction of sp³-hybridized carbons (Fsp3) is 0.294. The molecule has 0 aliphatic heterocycles. The zero-order valence-corrected chi connectivity index (χ0v) is 13.7. The van der Waals surface area contributed by atoms with E-state index in [1.54, 1.807) is 24.3 Å². The predicted molar refractivity (Wildman–Crippen MR) is 85.4 cm³/mol. The van der Waals surface area contributed by atoms with Crippen LogP contribution in [0.25, 0.3) is 0 Å². The topological polar surface area (TPSA) is 12.0 Å². The minimum atomic E-state index is -0.277. The Morgan fingerprint density at radius 3 is 2.57 bits per heavy atom. The van der Waals surface area contributed by atoms with Gasteiger partial charge in [-0.15, -0.1) is 0 Å². The van der Waals surface area contributed by atoms with Crippen molar-refractivity contribution in [3.63, 3.8) is 0 Å². The summed E-state index contributed by atoms with van der Waals surface area (Å²) in [7, 11) is 0. The van der Waals surface area contributed by atoms with Crippen LogP contribution in [0.1, 0.15) is 29.7 Å². The van der Waals surface area contributed by atoms with Gasteiger partial charge in [-0.05, 0) is 76.8 Å². The maximum Gasteiger partial charge on any atom is 0.137 e. The van der Waals surface area contributed by atoms with E-state index in [0.717, 1.165) is 23.2 Å². The van der Waals surface area contributed by atoms with Gasteiger partial charge in [0.25, 0.3) is 0 Å². The Hall–Kier alpha value is -1.26. The Morgan fingerprint density at radius 2 is 1.90 bits per heavy atom. The number of nitrogens with one attached hydrogen (secondary N) is 1. The Kier molecular flexibility index (Phi) is 5.48. The molecule has 4 heteroatoms. The van der Waals surface area contributed by atoms with Gasteiger partial charge in [0.05, 0.1) is 4.47 Å². The molecule has 2 rings (SSSR count). The summed E-state index contributed by atoms with van der Waals surface area (Å²) in [5.74, 6) is -0.514. The highest BCUT2D eigenvalue weighted by Gasteiger charge is 2.15. The van der Waals surface area contributed by atoms with Gasteiger partial charge in [-0.1, -0.05) is 19.1 Å². The third-order valence-corrected chi connectivity index (χ3v) is 4.10. The molecule has 21 heavy (non-hydrogen) atoms. The molecule has 2 aromatic carbocycles. The first kappa shape index (κ1) is 16.1. The van der Waals surface area contributed by atoms with E-state index < -0.39 is 0 Å². The van der Waals surface area contributed by atoms with Gasteiger partial charge in [0.1, 0.15) is 11.6 Å². The van der Waals surface area contributed by atoms with Crippen LogP contribution in [0.2, 0.25) is 0 Å². The number of halogens is 3. The summed E-state index contributed by atoms with van der Waals surface area (Å²) in [4.78, 5) is 0. The molecule has 1 N–H and O–H groups in total. The molecule has 0 aromatic heterocycles. The van der Waals surface area contributed by atoms with E-state index in [2.05, 4.69) is 21.2 Å². The van der Waals surface area contributed by atoms with Crippen LogP contribution in [0.4, 0.5) is 8.78 Å². The third kappa shape index (κ3) is 4.11. The lowest BCUT2D eigenvalue weighted by Gasteiger charge is -2.21. The van der Waals surface area contributed by atoms with Crippen molar-refractivity contribution in [3.8, 4) is 0 Å². The first-order valence-electron chi connectivity index (χ1n) is 6.94. The van der Waals surface area contributed by atoms with E-state index in [1.807, 2.05) is 13.8 Å². The van der Waals surface area contributed by atoms with Crippen LogP contribution in [0.15, 0.2) is 40.9 Å². The Morgan fingerprint density at radius 1 is 1.14 bits per heavy atom. The number of likely N-dealkylation sites (N-methyl/N-ethyl adjacent to an activating group) is 1. The zero-order chi connectivity index (χ0) is 15.4. The Bertz CT molecular complexity index is 628. The smallest absolute Gasteiger partial charge is 0.137 e. The second kappa shape index (κ2) is 7.14. The SMILES string of the molecule is CCNC(Cc1ccc(F)c(Br)c1)c1cc(F)ccc1C. The van der Waals surface area contributed by atoms with Crippen molar-refractivity contribution in [1.82, 2.24) is 5.32 Å². The predicted octanol–water partition coefficient (Wildman–Crippen LogP) is 4.93. The molecule has 0 aliphatic carbocycles. The Balaban J connectivity index is 2.30. The molecule has 0 fully saturated rings.